The summed E-state index contributed by atoms with van der Waals surface area (Å²) in [6.45, 7) is 4.92. The lowest BCUT2D eigenvalue weighted by atomic mass is 10.0. The van der Waals surface area contributed by atoms with Crippen LogP contribution in [0.2, 0.25) is 0 Å². The van der Waals surface area contributed by atoms with Gasteiger partial charge in [-0.1, -0.05) is 47.5 Å². The number of thioether (sulfide) groups is 1. The minimum absolute atomic E-state index is 0.0995. The molecule has 2 heterocycles. The summed E-state index contributed by atoms with van der Waals surface area (Å²) in [5, 5.41) is 0. The van der Waals surface area contributed by atoms with Crippen molar-refractivity contribution in [1.82, 2.24) is 4.90 Å². The van der Waals surface area contributed by atoms with Crippen molar-refractivity contribution < 1.29 is 14.0 Å². The summed E-state index contributed by atoms with van der Waals surface area (Å²) in [4.78, 5) is 29.9. The van der Waals surface area contributed by atoms with E-state index in [0.29, 0.717) is 24.4 Å². The van der Waals surface area contributed by atoms with Crippen molar-refractivity contribution in [3.8, 4) is 0 Å². The molecule has 0 saturated carbocycles. The number of carbonyl (C=O) groups excluding carboxylic acids is 2. The van der Waals surface area contributed by atoms with E-state index >= 15 is 0 Å². The van der Waals surface area contributed by atoms with Gasteiger partial charge < -0.3 is 9.80 Å². The molecule has 2 amide bonds. The Kier molecular flexibility index (Phi) is 5.05. The number of benzene rings is 3. The third-order valence-electron chi connectivity index (χ3n) is 6.11. The lowest BCUT2D eigenvalue weighted by molar-refractivity contribution is -0.123. The summed E-state index contributed by atoms with van der Waals surface area (Å²) in [5.74, 6) is -0.0928. The van der Waals surface area contributed by atoms with Crippen molar-refractivity contribution in [1.29, 1.82) is 0 Å². The summed E-state index contributed by atoms with van der Waals surface area (Å²) in [6.07, 6.45) is 0. The average Bonchev–Trinajstić information content (AvgIpc) is 3.31. The molecule has 1 spiro atoms. The molecule has 2 aliphatic heterocycles. The Morgan fingerprint density at radius 3 is 2.53 bits per heavy atom. The van der Waals surface area contributed by atoms with Crippen LogP contribution in [0.15, 0.2) is 66.7 Å². The third-order valence-corrected chi connectivity index (χ3v) is 7.53. The first-order chi connectivity index (χ1) is 15.4. The Bertz CT molecular complexity index is 1230. The summed E-state index contributed by atoms with van der Waals surface area (Å²) >= 11 is 1.50. The van der Waals surface area contributed by atoms with Gasteiger partial charge in [-0.05, 0) is 49.7 Å². The molecule has 0 bridgehead atoms. The Balaban J connectivity index is 1.59. The van der Waals surface area contributed by atoms with E-state index < -0.39 is 10.7 Å². The van der Waals surface area contributed by atoms with Gasteiger partial charge in [-0.15, -0.1) is 11.8 Å². The summed E-state index contributed by atoms with van der Waals surface area (Å²) in [6, 6.07) is 19.6. The highest BCUT2D eigenvalue weighted by molar-refractivity contribution is 8.01. The quantitative estimate of drug-likeness (QED) is 0.567. The van der Waals surface area contributed by atoms with Crippen LogP contribution < -0.4 is 4.90 Å². The van der Waals surface area contributed by atoms with Crippen LogP contribution in [0.1, 0.15) is 32.6 Å². The van der Waals surface area contributed by atoms with E-state index in [2.05, 4.69) is 6.07 Å². The van der Waals surface area contributed by atoms with E-state index in [-0.39, 0.29) is 11.8 Å². The molecule has 0 unspecified atom stereocenters. The molecule has 162 valence electrons. The summed E-state index contributed by atoms with van der Waals surface area (Å²) in [5.41, 5.74) is 5.29. The fourth-order valence-electron chi connectivity index (χ4n) is 4.63. The largest absolute Gasteiger partial charge is 0.311 e. The third kappa shape index (κ3) is 3.21. The molecule has 0 N–H and O–H groups in total. The molecule has 1 atom stereocenters. The normalized spacial score (nSPS) is 19.7. The number of rotatable bonds is 3. The van der Waals surface area contributed by atoms with Crippen LogP contribution in [0.5, 0.6) is 0 Å². The fraction of sp³-hybridized carbons (Fsp3) is 0.231. The molecule has 0 radical (unpaired) electrons. The Labute approximate surface area is 191 Å². The minimum Gasteiger partial charge on any atom is -0.311 e. The number of amides is 2. The van der Waals surface area contributed by atoms with Crippen LogP contribution in [-0.4, -0.2) is 29.0 Å². The predicted molar refractivity (Wildman–Crippen MR) is 125 cm³/mol. The van der Waals surface area contributed by atoms with Gasteiger partial charge in [0.25, 0.3) is 11.8 Å². The number of fused-ring (bicyclic) bond motifs is 2. The van der Waals surface area contributed by atoms with Crippen LogP contribution in [0.4, 0.5) is 10.1 Å². The van der Waals surface area contributed by atoms with Crippen LogP contribution >= 0.6 is 11.8 Å². The van der Waals surface area contributed by atoms with Gasteiger partial charge in [0.1, 0.15) is 5.82 Å². The number of anilines is 1. The maximum absolute atomic E-state index is 14.0. The zero-order valence-corrected chi connectivity index (χ0v) is 18.8. The smallest absolute Gasteiger partial charge is 0.268 e. The van der Waals surface area contributed by atoms with Crippen LogP contribution in [0.25, 0.3) is 0 Å². The highest BCUT2D eigenvalue weighted by Crippen LogP contribution is 2.55. The number of hydrogen-bond donors (Lipinski definition) is 0. The van der Waals surface area contributed by atoms with Gasteiger partial charge in [-0.25, -0.2) is 4.39 Å². The molecule has 3 aromatic carbocycles. The van der Waals surface area contributed by atoms with Gasteiger partial charge in [-0.2, -0.15) is 0 Å². The second-order valence-electron chi connectivity index (χ2n) is 8.36. The molecule has 0 aromatic heterocycles. The van der Waals surface area contributed by atoms with Crippen LogP contribution in [0, 0.1) is 19.7 Å². The maximum Gasteiger partial charge on any atom is 0.268 e. The topological polar surface area (TPSA) is 40.6 Å². The molecule has 0 aliphatic carbocycles. The highest BCUT2D eigenvalue weighted by Gasteiger charge is 2.59. The predicted octanol–water partition coefficient (Wildman–Crippen LogP) is 5.03. The summed E-state index contributed by atoms with van der Waals surface area (Å²) < 4.78 is 13.4. The second-order valence-corrected chi connectivity index (χ2v) is 9.64. The van der Waals surface area contributed by atoms with Gasteiger partial charge >= 0.3 is 0 Å². The molecule has 4 nitrogen and oxygen atoms in total. The second kappa shape index (κ2) is 7.78. The van der Waals surface area contributed by atoms with E-state index in [1.54, 1.807) is 9.80 Å². The molecule has 6 heteroatoms. The Morgan fingerprint density at radius 2 is 1.78 bits per heavy atom. The van der Waals surface area contributed by atoms with Crippen LogP contribution in [-0.2, 0) is 16.2 Å². The van der Waals surface area contributed by atoms with Crippen molar-refractivity contribution in [3.63, 3.8) is 0 Å². The number of aryl methyl sites for hydroxylation is 2. The first-order valence-electron chi connectivity index (χ1n) is 10.6. The lowest BCUT2D eigenvalue weighted by Crippen LogP contribution is -2.50. The van der Waals surface area contributed by atoms with Crippen molar-refractivity contribution in [3.05, 3.63) is 100 Å². The zero-order chi connectivity index (χ0) is 22.5. The SMILES string of the molecule is Cc1cccc(CN2C(=O)[C@]3(SCCN3C(=O)c3ccc(F)cc3)c3cc(C)ccc32)c1. The van der Waals surface area contributed by atoms with Gasteiger partial charge in [0, 0.05) is 23.4 Å². The zero-order valence-electron chi connectivity index (χ0n) is 18.0. The van der Waals surface area contributed by atoms with Crippen molar-refractivity contribution in [2.75, 3.05) is 17.2 Å². The summed E-state index contributed by atoms with van der Waals surface area (Å²) in [7, 11) is 0. The average molecular weight is 447 g/mol. The molecule has 1 fully saturated rings. The number of carbonyl (C=O) groups is 2. The Morgan fingerprint density at radius 1 is 1.03 bits per heavy atom. The highest BCUT2D eigenvalue weighted by atomic mass is 32.2. The molecular formula is C26H23FN2O2S. The van der Waals surface area contributed by atoms with Gasteiger partial charge in [-0.3, -0.25) is 9.59 Å². The van der Waals surface area contributed by atoms with Crippen molar-refractivity contribution in [2.24, 2.45) is 0 Å². The van der Waals surface area contributed by atoms with Crippen molar-refractivity contribution in [2.45, 2.75) is 25.3 Å². The van der Waals surface area contributed by atoms with Gasteiger partial charge in [0.2, 0.25) is 0 Å². The minimum atomic E-state index is -1.10. The van der Waals surface area contributed by atoms with E-state index in [0.717, 1.165) is 27.9 Å². The van der Waals surface area contributed by atoms with E-state index in [9.17, 15) is 14.0 Å². The van der Waals surface area contributed by atoms with Gasteiger partial charge in [0.05, 0.1) is 12.2 Å². The lowest BCUT2D eigenvalue weighted by Gasteiger charge is -2.33. The van der Waals surface area contributed by atoms with Crippen molar-refractivity contribution >= 4 is 29.3 Å². The molecule has 32 heavy (non-hydrogen) atoms. The number of hydrogen-bond acceptors (Lipinski definition) is 3. The standard InChI is InChI=1S/C26H23FN2O2S/c1-17-4-3-5-19(14-17)16-28-23-11-6-18(2)15-22(23)26(25(28)31)29(12-13-32-26)24(30)20-7-9-21(27)10-8-20/h3-11,14-15H,12-13,16H2,1-2H3/t26-/m1/s1. The van der Waals surface area contributed by atoms with Crippen LogP contribution in [0.3, 0.4) is 0 Å². The van der Waals surface area contributed by atoms with E-state index in [1.807, 2.05) is 50.2 Å². The molecule has 2 aliphatic rings. The molecule has 3 aromatic rings. The number of nitrogens with zero attached hydrogens (tertiary/aromatic N) is 2. The maximum atomic E-state index is 14.0. The molecular weight excluding hydrogens is 423 g/mol. The number of halogens is 1. The first kappa shape index (κ1) is 20.8. The van der Waals surface area contributed by atoms with E-state index in [1.165, 1.54) is 36.0 Å². The molecule has 1 saturated heterocycles. The first-order valence-corrected chi connectivity index (χ1v) is 11.6. The monoisotopic (exact) mass is 446 g/mol. The van der Waals surface area contributed by atoms with E-state index in [4.69, 9.17) is 0 Å². The fourth-order valence-corrected chi connectivity index (χ4v) is 6.08. The van der Waals surface area contributed by atoms with Gasteiger partial charge in [0.15, 0.2) is 4.87 Å². The Hall–Kier alpha value is -3.12. The molecule has 5 rings (SSSR count).